The van der Waals surface area contributed by atoms with Crippen LogP contribution < -0.4 is 32.5 Å². The highest BCUT2D eigenvalue weighted by atomic mass is 32.2. The van der Waals surface area contributed by atoms with Gasteiger partial charge in [0, 0.05) is 56.3 Å². The molecule has 0 aromatic rings. The third-order valence-corrected chi connectivity index (χ3v) is 11.4. The number of nitrogens with one attached hydrogen (secondary N) is 5. The first-order valence-electron chi connectivity index (χ1n) is 15.2. The van der Waals surface area contributed by atoms with Gasteiger partial charge in [-0.1, -0.05) is 6.42 Å². The fourth-order valence-corrected chi connectivity index (χ4v) is 9.27. The van der Waals surface area contributed by atoms with Crippen molar-refractivity contribution in [1.82, 2.24) is 31.6 Å². The summed E-state index contributed by atoms with van der Waals surface area (Å²) in [5, 5.41) is 14.1. The van der Waals surface area contributed by atoms with E-state index in [0.717, 1.165) is 44.6 Å². The SMILES string of the molecule is [NH3+][C@@H]1CCCC[C@@H]1NC1CC2CNC(=O)C2C(NC2CC(C3CSC4C(=O)C=C(N5CCOCC5)OC43)NO2)N1. The van der Waals surface area contributed by atoms with E-state index in [1.165, 1.54) is 19.3 Å². The van der Waals surface area contributed by atoms with Crippen LogP contribution >= 0.6 is 11.8 Å². The predicted octanol–water partition coefficient (Wildman–Crippen LogP) is -1.78. The van der Waals surface area contributed by atoms with Crippen molar-refractivity contribution >= 4 is 23.5 Å². The van der Waals surface area contributed by atoms with Crippen molar-refractivity contribution < 1.29 is 29.6 Å². The second-order valence-corrected chi connectivity index (χ2v) is 13.7. The Kier molecular flexibility index (Phi) is 7.99. The van der Waals surface area contributed by atoms with Gasteiger partial charge >= 0.3 is 0 Å². The van der Waals surface area contributed by atoms with Gasteiger partial charge in [0.25, 0.3) is 0 Å². The second kappa shape index (κ2) is 11.7. The summed E-state index contributed by atoms with van der Waals surface area (Å²) in [5.41, 5.74) is 7.65. The Hall–Kier alpha value is -1.45. The molecular formula is C27H44N7O5S+. The van der Waals surface area contributed by atoms with Gasteiger partial charge in [0.2, 0.25) is 5.91 Å². The van der Waals surface area contributed by atoms with E-state index in [4.69, 9.17) is 14.3 Å². The molecule has 1 amide bonds. The fraction of sp³-hybridized carbons (Fsp3) is 0.852. The number of carbonyl (C=O) groups is 2. The summed E-state index contributed by atoms with van der Waals surface area (Å²) in [6, 6.07) is 0.883. The molecule has 6 heterocycles. The minimum absolute atomic E-state index is 0.0525. The number of morpholine rings is 1. The van der Waals surface area contributed by atoms with Crippen molar-refractivity contribution in [3.8, 4) is 0 Å². The molecule has 222 valence electrons. The first-order chi connectivity index (χ1) is 19.5. The standard InChI is InChI=1S/C27H43N7O5S/c28-16-3-1-2-4-17(16)30-20-9-14-12-29-27(36)23(14)26(31-20)32-21-10-18(33-39-21)15-13-40-25-19(35)11-22(38-24(15)25)34-5-7-37-8-6-34/h11,14-18,20-21,23-26,30-33H,1-10,12-13,28H2,(H,29,36)/p+1/t14?,15?,16-,17+,18?,20?,21?,23?,24?,25?,26?/m1/s1. The highest BCUT2D eigenvalue weighted by Crippen LogP contribution is 2.42. The molecule has 5 saturated heterocycles. The van der Waals surface area contributed by atoms with E-state index in [9.17, 15) is 9.59 Å². The Balaban J connectivity index is 0.985. The van der Waals surface area contributed by atoms with Gasteiger partial charge in [-0.25, -0.2) is 0 Å². The van der Waals surface area contributed by atoms with Crippen molar-refractivity contribution in [2.75, 3.05) is 38.6 Å². The number of ether oxygens (including phenoxy) is 2. The number of hydroxylamine groups is 1. The topological polar surface area (TPSA) is 153 Å². The van der Waals surface area contributed by atoms with Gasteiger partial charge in [-0.2, -0.15) is 5.48 Å². The van der Waals surface area contributed by atoms with E-state index in [0.29, 0.717) is 31.2 Å². The van der Waals surface area contributed by atoms with E-state index < -0.39 is 0 Å². The van der Waals surface area contributed by atoms with Crippen molar-refractivity contribution in [1.29, 1.82) is 0 Å². The van der Waals surface area contributed by atoms with Crippen LogP contribution in [0.5, 0.6) is 0 Å². The first-order valence-corrected chi connectivity index (χ1v) is 16.2. The van der Waals surface area contributed by atoms with Gasteiger partial charge in [-0.3, -0.25) is 30.4 Å². The van der Waals surface area contributed by atoms with Gasteiger partial charge in [0.15, 0.2) is 11.7 Å². The molecule has 7 aliphatic rings. The van der Waals surface area contributed by atoms with E-state index in [1.807, 2.05) is 0 Å². The van der Waals surface area contributed by atoms with E-state index in [2.05, 4.69) is 37.4 Å². The van der Waals surface area contributed by atoms with Gasteiger partial charge in [-0.15, -0.1) is 11.8 Å². The van der Waals surface area contributed by atoms with Crippen LogP contribution in [0, 0.1) is 17.8 Å². The number of thioether (sulfide) groups is 1. The monoisotopic (exact) mass is 578 g/mol. The van der Waals surface area contributed by atoms with Crippen molar-refractivity contribution in [3.63, 3.8) is 0 Å². The number of ketones is 1. The number of piperidine rings is 1. The maximum atomic E-state index is 13.0. The lowest BCUT2D eigenvalue weighted by molar-refractivity contribution is -0.431. The van der Waals surface area contributed by atoms with Crippen molar-refractivity contribution in [2.24, 2.45) is 17.8 Å². The summed E-state index contributed by atoms with van der Waals surface area (Å²) in [5.74, 6) is 2.07. The normalized spacial score (nSPS) is 45.5. The Bertz CT molecular complexity index is 998. The highest BCUT2D eigenvalue weighted by Gasteiger charge is 2.52. The van der Waals surface area contributed by atoms with Gasteiger partial charge in [0.1, 0.15) is 17.6 Å². The van der Waals surface area contributed by atoms with Crippen LogP contribution in [0.25, 0.3) is 0 Å². The number of fused-ring (bicyclic) bond motifs is 2. The molecule has 0 radical (unpaired) electrons. The maximum Gasteiger partial charge on any atom is 0.226 e. The zero-order chi connectivity index (χ0) is 27.2. The zero-order valence-electron chi connectivity index (χ0n) is 23.0. The number of carbonyl (C=O) groups excluding carboxylic acids is 2. The maximum absolute atomic E-state index is 13.0. The molecule has 11 atom stereocenters. The number of amides is 1. The predicted molar refractivity (Wildman–Crippen MR) is 147 cm³/mol. The highest BCUT2D eigenvalue weighted by molar-refractivity contribution is 8.01. The molecule has 40 heavy (non-hydrogen) atoms. The number of allylic oxidation sites excluding steroid dienone is 1. The van der Waals surface area contributed by atoms with E-state index in [-0.39, 0.29) is 65.4 Å². The Morgan fingerprint density at radius 2 is 1.95 bits per heavy atom. The van der Waals surface area contributed by atoms with Crippen LogP contribution in [0.4, 0.5) is 0 Å². The Labute approximate surface area is 239 Å². The molecule has 0 aromatic heterocycles. The van der Waals surface area contributed by atoms with Crippen LogP contribution in [0.2, 0.25) is 0 Å². The average Bonchev–Trinajstić information content (AvgIpc) is 3.69. The number of rotatable bonds is 6. The summed E-state index contributed by atoms with van der Waals surface area (Å²) in [6.45, 7) is 3.49. The van der Waals surface area contributed by atoms with Crippen LogP contribution in [0.1, 0.15) is 38.5 Å². The number of hydrogen-bond donors (Lipinski definition) is 6. The molecule has 0 aromatic carbocycles. The molecule has 0 spiro atoms. The molecule has 6 fully saturated rings. The molecule has 8 N–H and O–H groups in total. The zero-order valence-corrected chi connectivity index (χ0v) is 23.8. The summed E-state index contributed by atoms with van der Waals surface area (Å²) < 4.78 is 12.0. The minimum Gasteiger partial charge on any atom is -0.474 e. The van der Waals surface area contributed by atoms with Gasteiger partial charge in [0.05, 0.1) is 43.5 Å². The third kappa shape index (κ3) is 5.39. The lowest BCUT2D eigenvalue weighted by Gasteiger charge is -2.42. The molecular weight excluding hydrogens is 534 g/mol. The number of hydrogen-bond acceptors (Lipinski definition) is 11. The van der Waals surface area contributed by atoms with Crippen LogP contribution in [0.3, 0.4) is 0 Å². The molecule has 13 heteroatoms. The van der Waals surface area contributed by atoms with Crippen LogP contribution in [0.15, 0.2) is 12.0 Å². The van der Waals surface area contributed by atoms with Crippen molar-refractivity contribution in [2.45, 2.75) is 86.6 Å². The van der Waals surface area contributed by atoms with Crippen LogP contribution in [-0.2, 0) is 23.9 Å². The molecule has 9 unspecified atom stereocenters. The Morgan fingerprint density at radius 1 is 1.10 bits per heavy atom. The molecule has 12 nitrogen and oxygen atoms in total. The smallest absolute Gasteiger partial charge is 0.226 e. The molecule has 7 rings (SSSR count). The van der Waals surface area contributed by atoms with E-state index >= 15 is 0 Å². The number of quaternary nitrogens is 1. The van der Waals surface area contributed by atoms with Gasteiger partial charge < -0.3 is 25.4 Å². The van der Waals surface area contributed by atoms with Gasteiger partial charge in [-0.05, 0) is 25.2 Å². The molecule has 1 saturated carbocycles. The quantitative estimate of drug-likeness (QED) is 0.212. The first kappa shape index (κ1) is 27.4. The minimum atomic E-state index is -0.247. The van der Waals surface area contributed by atoms with E-state index in [1.54, 1.807) is 17.8 Å². The number of nitrogens with zero attached hydrogens (tertiary/aromatic N) is 1. The lowest BCUT2D eigenvalue weighted by atomic mass is 9.83. The summed E-state index contributed by atoms with van der Waals surface area (Å²) in [4.78, 5) is 34.0. The Morgan fingerprint density at radius 3 is 2.80 bits per heavy atom. The summed E-state index contributed by atoms with van der Waals surface area (Å²) in [6.07, 6.45) is 7.67. The third-order valence-electron chi connectivity index (χ3n) is 9.98. The second-order valence-electron chi connectivity index (χ2n) is 12.5. The molecule has 1 aliphatic carbocycles. The largest absolute Gasteiger partial charge is 0.474 e. The van der Waals surface area contributed by atoms with Crippen molar-refractivity contribution in [3.05, 3.63) is 12.0 Å². The lowest BCUT2D eigenvalue weighted by Crippen LogP contribution is -2.73. The summed E-state index contributed by atoms with van der Waals surface area (Å²) >= 11 is 1.69. The molecule has 6 aliphatic heterocycles. The summed E-state index contributed by atoms with van der Waals surface area (Å²) in [7, 11) is 0. The van der Waals surface area contributed by atoms with Crippen LogP contribution in [-0.4, -0.2) is 103 Å². The fourth-order valence-electron chi connectivity index (χ4n) is 7.74. The average molecular weight is 579 g/mol. The molecule has 0 bridgehead atoms.